The fourth-order valence-corrected chi connectivity index (χ4v) is 2.74. The number of aliphatic hydroxyl groups excluding tert-OH is 2. The van der Waals surface area contributed by atoms with Crippen molar-refractivity contribution < 1.29 is 20.1 Å². The third kappa shape index (κ3) is 27.8. The normalized spacial score (nSPS) is 11.1. The lowest BCUT2D eigenvalue weighted by Crippen LogP contribution is -1.93. The molecule has 0 amide bonds. The minimum atomic E-state index is -0.653. The summed E-state index contributed by atoms with van der Waals surface area (Å²) in [6, 6.07) is 0. The van der Waals surface area contributed by atoms with Crippen molar-refractivity contribution in [3.05, 3.63) is 11.8 Å². The predicted octanol–water partition coefficient (Wildman–Crippen LogP) is 6.77. The van der Waals surface area contributed by atoms with E-state index in [9.17, 15) is 4.79 Å². The molecule has 0 saturated carbocycles. The largest absolute Gasteiger partial charge is 0.510 e. The molecule has 0 heterocycles. The number of carboxylic acid groups (broad SMARTS) is 1. The summed E-state index contributed by atoms with van der Waals surface area (Å²) < 4.78 is 0. The lowest BCUT2D eigenvalue weighted by molar-refractivity contribution is -0.137. The average molecular weight is 373 g/mol. The molecule has 0 rings (SSSR count). The Balaban J connectivity index is 0. The number of unbranched alkanes of at least 4 members (excludes halogenated alkanes) is 14. The van der Waals surface area contributed by atoms with Crippen molar-refractivity contribution >= 4 is 5.97 Å². The number of hydrogen-bond acceptors (Lipinski definition) is 3. The lowest BCUT2D eigenvalue weighted by atomic mass is 10.0. The molecule has 0 aromatic heterocycles. The van der Waals surface area contributed by atoms with Crippen LogP contribution in [0.3, 0.4) is 0 Å². The number of carbonyl (C=O) groups is 1. The Morgan fingerprint density at radius 2 is 1.04 bits per heavy atom. The molecular weight excluding hydrogens is 328 g/mol. The van der Waals surface area contributed by atoms with Gasteiger partial charge in [0.1, 0.15) is 5.76 Å². The van der Waals surface area contributed by atoms with Gasteiger partial charge >= 0.3 is 5.97 Å². The van der Waals surface area contributed by atoms with Crippen LogP contribution in [0.5, 0.6) is 0 Å². The molecule has 0 spiro atoms. The summed E-state index contributed by atoms with van der Waals surface area (Å²) >= 11 is 0. The average Bonchev–Trinajstić information content (AvgIpc) is 2.64. The smallest absolute Gasteiger partial charge is 0.303 e. The van der Waals surface area contributed by atoms with Gasteiger partial charge in [-0.25, -0.2) is 0 Å². The second kappa shape index (κ2) is 24.0. The van der Waals surface area contributed by atoms with Crippen LogP contribution < -0.4 is 0 Å². The standard InChI is InChI=1S/C18H36O2.C4H8O2/c1-2-3-4-5-6-7-8-9-10-11-12-13-14-15-16-17-18(19)20;1-2-4(6)3-5/h2-17H2,1H3,(H,19,20);2,5-6H,3H2,1H3. The maximum atomic E-state index is 10.3. The summed E-state index contributed by atoms with van der Waals surface area (Å²) in [5.41, 5.74) is 0. The zero-order valence-corrected chi connectivity index (χ0v) is 17.3. The fourth-order valence-electron chi connectivity index (χ4n) is 2.74. The zero-order chi connectivity index (χ0) is 19.9. The van der Waals surface area contributed by atoms with Crippen LogP contribution in [-0.2, 0) is 4.79 Å². The molecule has 3 N–H and O–H groups in total. The van der Waals surface area contributed by atoms with Crippen LogP contribution in [-0.4, -0.2) is 27.9 Å². The van der Waals surface area contributed by atoms with Crippen LogP contribution in [0.1, 0.15) is 117 Å². The third-order valence-electron chi connectivity index (χ3n) is 4.49. The molecule has 0 atom stereocenters. The topological polar surface area (TPSA) is 77.8 Å². The van der Waals surface area contributed by atoms with Crippen LogP contribution >= 0.6 is 0 Å². The summed E-state index contributed by atoms with van der Waals surface area (Å²) in [6.45, 7) is 3.67. The highest BCUT2D eigenvalue weighted by atomic mass is 16.4. The number of hydrogen-bond donors (Lipinski definition) is 3. The van der Waals surface area contributed by atoms with E-state index < -0.39 is 5.97 Å². The van der Waals surface area contributed by atoms with Gasteiger partial charge in [0.05, 0.1) is 6.61 Å². The highest BCUT2D eigenvalue weighted by Crippen LogP contribution is 2.13. The molecule has 156 valence electrons. The zero-order valence-electron chi connectivity index (χ0n) is 17.3. The number of aliphatic carboxylic acids is 1. The first kappa shape index (κ1) is 27.2. The summed E-state index contributed by atoms with van der Waals surface area (Å²) in [7, 11) is 0. The molecule has 0 aliphatic heterocycles. The van der Waals surface area contributed by atoms with E-state index in [0.717, 1.165) is 12.8 Å². The van der Waals surface area contributed by atoms with E-state index in [1.807, 2.05) is 0 Å². The molecule has 4 heteroatoms. The molecule has 0 aliphatic rings. The summed E-state index contributed by atoms with van der Waals surface area (Å²) in [5, 5.41) is 24.8. The molecule has 0 aromatic rings. The van der Waals surface area contributed by atoms with Gasteiger partial charge in [-0.1, -0.05) is 96.8 Å². The number of aliphatic hydroxyl groups is 2. The van der Waals surface area contributed by atoms with E-state index in [2.05, 4.69) is 6.92 Å². The Morgan fingerprint density at radius 3 is 1.27 bits per heavy atom. The minimum Gasteiger partial charge on any atom is -0.510 e. The molecule has 0 fully saturated rings. The molecule has 4 nitrogen and oxygen atoms in total. The first-order chi connectivity index (χ1) is 12.6. The monoisotopic (exact) mass is 372 g/mol. The van der Waals surface area contributed by atoms with Crippen molar-refractivity contribution in [2.75, 3.05) is 6.61 Å². The fraction of sp³-hybridized carbons (Fsp3) is 0.864. The first-order valence-electron chi connectivity index (χ1n) is 10.7. The summed E-state index contributed by atoms with van der Waals surface area (Å²) in [4.78, 5) is 10.3. The van der Waals surface area contributed by atoms with Crippen molar-refractivity contribution in [1.82, 2.24) is 0 Å². The maximum Gasteiger partial charge on any atom is 0.303 e. The van der Waals surface area contributed by atoms with E-state index >= 15 is 0 Å². The predicted molar refractivity (Wildman–Crippen MR) is 111 cm³/mol. The van der Waals surface area contributed by atoms with Gasteiger partial charge in [-0.2, -0.15) is 0 Å². The Hall–Kier alpha value is -1.03. The van der Waals surface area contributed by atoms with Gasteiger partial charge in [-0.05, 0) is 19.4 Å². The molecular formula is C22H44O4. The van der Waals surface area contributed by atoms with Crippen LogP contribution in [0.2, 0.25) is 0 Å². The Labute approximate surface area is 161 Å². The van der Waals surface area contributed by atoms with Crippen LogP contribution in [0.25, 0.3) is 0 Å². The molecule has 26 heavy (non-hydrogen) atoms. The second-order valence-electron chi connectivity index (χ2n) is 7.03. The van der Waals surface area contributed by atoms with Crippen LogP contribution in [0, 0.1) is 0 Å². The molecule has 0 saturated heterocycles. The van der Waals surface area contributed by atoms with Crippen LogP contribution in [0.15, 0.2) is 11.8 Å². The highest BCUT2D eigenvalue weighted by Gasteiger charge is 1.97. The lowest BCUT2D eigenvalue weighted by Gasteiger charge is -2.03. The number of rotatable bonds is 17. The van der Waals surface area contributed by atoms with Crippen molar-refractivity contribution in [3.63, 3.8) is 0 Å². The van der Waals surface area contributed by atoms with Gasteiger partial charge in [0.2, 0.25) is 0 Å². The third-order valence-corrected chi connectivity index (χ3v) is 4.49. The first-order valence-corrected chi connectivity index (χ1v) is 10.7. The van der Waals surface area contributed by atoms with E-state index in [4.69, 9.17) is 15.3 Å². The van der Waals surface area contributed by atoms with E-state index in [0.29, 0.717) is 6.42 Å². The number of allylic oxidation sites excluding steroid dienone is 1. The van der Waals surface area contributed by atoms with Crippen molar-refractivity contribution in [3.8, 4) is 0 Å². The molecule has 0 aromatic carbocycles. The van der Waals surface area contributed by atoms with Gasteiger partial charge < -0.3 is 15.3 Å². The summed E-state index contributed by atoms with van der Waals surface area (Å²) in [5.74, 6) is -0.630. The Kier molecular flexibility index (Phi) is 25.1. The Morgan fingerprint density at radius 1 is 0.692 bits per heavy atom. The van der Waals surface area contributed by atoms with Gasteiger partial charge in [-0.3, -0.25) is 4.79 Å². The quantitative estimate of drug-likeness (QED) is 0.194. The SMILES string of the molecule is CC=C(O)CO.CCCCCCCCCCCCCCCCCC(=O)O. The van der Waals surface area contributed by atoms with E-state index in [-0.39, 0.29) is 12.4 Å². The summed E-state index contributed by atoms with van der Waals surface area (Å²) in [6.07, 6.45) is 21.6. The molecule has 0 unspecified atom stereocenters. The van der Waals surface area contributed by atoms with Gasteiger partial charge in [0.15, 0.2) is 0 Å². The molecule has 0 bridgehead atoms. The van der Waals surface area contributed by atoms with Crippen molar-refractivity contribution in [2.45, 2.75) is 117 Å². The van der Waals surface area contributed by atoms with Crippen LogP contribution in [0.4, 0.5) is 0 Å². The second-order valence-corrected chi connectivity index (χ2v) is 7.03. The molecule has 0 radical (unpaired) electrons. The highest BCUT2D eigenvalue weighted by molar-refractivity contribution is 5.66. The van der Waals surface area contributed by atoms with Gasteiger partial charge in [-0.15, -0.1) is 0 Å². The Bertz CT molecular complexity index is 313. The van der Waals surface area contributed by atoms with Gasteiger partial charge in [0.25, 0.3) is 0 Å². The minimum absolute atomic E-state index is 0.0231. The van der Waals surface area contributed by atoms with E-state index in [1.165, 1.54) is 89.5 Å². The molecule has 0 aliphatic carbocycles. The van der Waals surface area contributed by atoms with E-state index in [1.54, 1.807) is 6.92 Å². The van der Waals surface area contributed by atoms with Gasteiger partial charge in [0, 0.05) is 6.42 Å². The number of carboxylic acids is 1. The maximum absolute atomic E-state index is 10.3. The van der Waals surface area contributed by atoms with Crippen molar-refractivity contribution in [2.24, 2.45) is 0 Å². The van der Waals surface area contributed by atoms with Crippen molar-refractivity contribution in [1.29, 1.82) is 0 Å².